The Labute approximate surface area is 345 Å². The number of nitrogens with zero attached hydrogens (tertiary/aromatic N) is 4. The molecule has 0 N–H and O–H groups in total. The minimum absolute atomic E-state index is 0. The summed E-state index contributed by atoms with van der Waals surface area (Å²) in [6, 6.07) is 49.0. The van der Waals surface area contributed by atoms with Gasteiger partial charge in [0.1, 0.15) is 0 Å². The Morgan fingerprint density at radius 2 is 0.793 bits per heavy atom. The van der Waals surface area contributed by atoms with Crippen LogP contribution in [0.15, 0.2) is 146 Å². The molecule has 9 heteroatoms. The number of para-hydroxylation sites is 4. The van der Waals surface area contributed by atoms with Crippen LogP contribution in [0.5, 0.6) is 0 Å². The first-order valence-corrected chi connectivity index (χ1v) is 18.4. The van der Waals surface area contributed by atoms with Gasteiger partial charge in [-0.15, -0.1) is 24.3 Å². The first kappa shape index (κ1) is 37.2. The smallest absolute Gasteiger partial charge is 0.310 e. The van der Waals surface area contributed by atoms with Gasteiger partial charge in [-0.25, -0.2) is 0 Å². The minimum atomic E-state index is -1.03. The number of aromatic nitrogens is 4. The predicted octanol–water partition coefficient (Wildman–Crippen LogP) is 12.5. The van der Waals surface area contributed by atoms with E-state index in [2.05, 4.69) is 45.5 Å². The van der Waals surface area contributed by atoms with E-state index in [9.17, 15) is 8.78 Å². The summed E-state index contributed by atoms with van der Waals surface area (Å²) in [5.41, 5.74) is 5.59. The van der Waals surface area contributed by atoms with E-state index in [1.807, 2.05) is 98.8 Å². The van der Waals surface area contributed by atoms with Gasteiger partial charge in [0.05, 0.1) is 22.1 Å². The van der Waals surface area contributed by atoms with Gasteiger partial charge in [-0.2, -0.15) is 0 Å². The van der Waals surface area contributed by atoms with Crippen LogP contribution in [-0.4, -0.2) is 19.1 Å². The van der Waals surface area contributed by atoms with Crippen LogP contribution < -0.4 is 0 Å². The molecule has 0 saturated heterocycles. The Morgan fingerprint density at radius 3 is 1.12 bits per heavy atom. The van der Waals surface area contributed by atoms with Crippen LogP contribution in [0.1, 0.15) is 25.2 Å². The van der Waals surface area contributed by atoms with E-state index in [0.29, 0.717) is 22.8 Å². The summed E-state index contributed by atoms with van der Waals surface area (Å²) in [6.07, 6.45) is 0. The molecule has 0 aliphatic rings. The molecule has 0 atom stereocenters. The number of benzene rings is 6. The molecule has 10 rings (SSSR count). The number of halogens is 4. The standard InChI is InChI=1S/C49H30F4N4.Pt/c1-49(2,47-27-31(25-41(54-47)37-21-19-29(50)23-39(37)52)56-43-15-7-3-11-33(43)34-12-4-8-16-44(34)56)48-28-32(26-42(55-48)38-22-20-30(51)24-40(38)53)57-45-17-9-5-13-35(45)36-14-6-10-18-46(36)57;/h3-20,23-28H,1-2H3;/q-2;+2. The topological polar surface area (TPSA) is 35.6 Å². The first-order chi connectivity index (χ1) is 27.7. The third kappa shape index (κ3) is 6.02. The van der Waals surface area contributed by atoms with Crippen LogP contribution in [0.3, 0.4) is 0 Å². The van der Waals surface area contributed by atoms with E-state index in [4.69, 9.17) is 9.97 Å². The Kier molecular flexibility index (Phi) is 9.13. The van der Waals surface area contributed by atoms with Crippen LogP contribution >= 0.6 is 0 Å². The number of hydrogen-bond acceptors (Lipinski definition) is 2. The SMILES string of the molecule is CC(C)(c1cc(-n2c3ccccc3c3ccccc32)cc(-c2[c-]cc(F)cc2F)n1)c1cc(-n2c3ccccc3c3ccccc32)cc(-c2[c-]cc(F)cc2F)n1.[Pt+2]. The van der Waals surface area contributed by atoms with Gasteiger partial charge in [-0.3, -0.25) is 17.6 Å². The van der Waals surface area contributed by atoms with E-state index in [0.717, 1.165) is 67.9 Å². The van der Waals surface area contributed by atoms with Crippen LogP contribution in [0.4, 0.5) is 17.6 Å². The minimum Gasteiger partial charge on any atom is -0.310 e. The van der Waals surface area contributed by atoms with Crippen LogP contribution in [0, 0.1) is 35.4 Å². The van der Waals surface area contributed by atoms with Gasteiger partial charge in [-0.1, -0.05) is 108 Å². The second kappa shape index (κ2) is 14.2. The van der Waals surface area contributed by atoms with Crippen molar-refractivity contribution < 1.29 is 38.6 Å². The first-order valence-electron chi connectivity index (χ1n) is 18.4. The van der Waals surface area contributed by atoms with Gasteiger partial charge in [-0.05, 0) is 61.6 Å². The summed E-state index contributed by atoms with van der Waals surface area (Å²) in [5.74, 6) is -3.11. The maximum Gasteiger partial charge on any atom is 2.00 e. The molecular weight excluding hydrogens is 916 g/mol. The zero-order valence-corrected chi connectivity index (χ0v) is 33.2. The second-order valence-electron chi connectivity index (χ2n) is 14.6. The third-order valence-corrected chi connectivity index (χ3v) is 10.8. The zero-order valence-electron chi connectivity index (χ0n) is 31.0. The molecule has 58 heavy (non-hydrogen) atoms. The molecule has 0 radical (unpaired) electrons. The average Bonchev–Trinajstić information content (AvgIpc) is 3.74. The van der Waals surface area contributed by atoms with Crippen LogP contribution in [0.25, 0.3) is 77.5 Å². The molecule has 4 aromatic heterocycles. The van der Waals surface area contributed by atoms with Crippen molar-refractivity contribution in [3.63, 3.8) is 0 Å². The molecule has 0 saturated carbocycles. The molecule has 0 fully saturated rings. The summed E-state index contributed by atoms with van der Waals surface area (Å²) in [7, 11) is 0. The summed E-state index contributed by atoms with van der Waals surface area (Å²) >= 11 is 0. The predicted molar refractivity (Wildman–Crippen MR) is 218 cm³/mol. The van der Waals surface area contributed by atoms with Gasteiger partial charge in [0.25, 0.3) is 0 Å². The maximum atomic E-state index is 15.6. The van der Waals surface area contributed by atoms with E-state index < -0.39 is 28.7 Å². The molecule has 0 spiro atoms. The van der Waals surface area contributed by atoms with Gasteiger partial charge < -0.3 is 19.1 Å². The molecule has 10 aromatic rings. The molecule has 0 aliphatic heterocycles. The van der Waals surface area contributed by atoms with Gasteiger partial charge in [0, 0.05) is 73.0 Å². The number of rotatable bonds is 6. The molecule has 0 bridgehead atoms. The quantitative estimate of drug-likeness (QED) is 0.123. The van der Waals surface area contributed by atoms with Crippen LogP contribution in [0.2, 0.25) is 0 Å². The van der Waals surface area contributed by atoms with E-state index in [1.165, 1.54) is 0 Å². The summed E-state index contributed by atoms with van der Waals surface area (Å²) in [6.45, 7) is 3.90. The fraction of sp³-hybridized carbons (Fsp3) is 0.0612. The molecule has 0 unspecified atom stereocenters. The van der Waals surface area contributed by atoms with E-state index in [1.54, 1.807) is 12.1 Å². The van der Waals surface area contributed by atoms with E-state index >= 15 is 8.78 Å². The second-order valence-corrected chi connectivity index (χ2v) is 14.6. The Balaban J connectivity index is 0.00000436. The Hall–Kier alpha value is -6.37. The number of pyridine rings is 2. The molecule has 4 nitrogen and oxygen atoms in total. The van der Waals surface area contributed by atoms with Crippen molar-refractivity contribution >= 4 is 43.6 Å². The fourth-order valence-electron chi connectivity index (χ4n) is 8.00. The summed E-state index contributed by atoms with van der Waals surface area (Å²) < 4.78 is 63.9. The number of hydrogen-bond donors (Lipinski definition) is 0. The monoisotopic (exact) mass is 945 g/mol. The average molecular weight is 946 g/mol. The molecule has 284 valence electrons. The van der Waals surface area contributed by atoms with Gasteiger partial charge in [0.2, 0.25) is 0 Å². The van der Waals surface area contributed by atoms with Gasteiger partial charge >= 0.3 is 21.1 Å². The van der Waals surface area contributed by atoms with Crippen molar-refractivity contribution in [3.8, 4) is 33.9 Å². The third-order valence-electron chi connectivity index (χ3n) is 10.8. The summed E-state index contributed by atoms with van der Waals surface area (Å²) in [4.78, 5) is 10.1. The molecule has 6 aromatic carbocycles. The number of fused-ring (bicyclic) bond motifs is 6. The maximum absolute atomic E-state index is 15.6. The largest absolute Gasteiger partial charge is 2.00 e. The molecule has 0 aliphatic carbocycles. The van der Waals surface area contributed by atoms with Crippen molar-refractivity contribution in [1.29, 1.82) is 0 Å². The van der Waals surface area contributed by atoms with Crippen molar-refractivity contribution in [2.75, 3.05) is 0 Å². The Morgan fingerprint density at radius 1 is 0.466 bits per heavy atom. The van der Waals surface area contributed by atoms with Crippen LogP contribution in [-0.2, 0) is 26.5 Å². The molecule has 0 amide bonds. The normalized spacial score (nSPS) is 11.8. The zero-order chi connectivity index (χ0) is 39.0. The van der Waals surface area contributed by atoms with E-state index in [-0.39, 0.29) is 43.6 Å². The summed E-state index contributed by atoms with van der Waals surface area (Å²) in [5, 5.41) is 4.15. The van der Waals surface area contributed by atoms with Crippen molar-refractivity contribution in [3.05, 3.63) is 192 Å². The van der Waals surface area contributed by atoms with Crippen molar-refractivity contribution in [2.45, 2.75) is 19.3 Å². The molecule has 4 heterocycles. The fourth-order valence-corrected chi connectivity index (χ4v) is 8.00. The van der Waals surface area contributed by atoms with Crippen molar-refractivity contribution in [2.24, 2.45) is 0 Å². The van der Waals surface area contributed by atoms with Crippen molar-refractivity contribution in [1.82, 2.24) is 19.1 Å². The molecular formula is C49H30F4N4Pt. The Bertz CT molecular complexity index is 2920. The van der Waals surface area contributed by atoms with Gasteiger partial charge in [0.15, 0.2) is 0 Å².